The van der Waals surface area contributed by atoms with Gasteiger partial charge >= 0.3 is 0 Å². The number of anilines is 3. The van der Waals surface area contributed by atoms with Crippen molar-refractivity contribution in [2.45, 2.75) is 0 Å². The zero-order valence-electron chi connectivity index (χ0n) is 15.7. The summed E-state index contributed by atoms with van der Waals surface area (Å²) in [6.45, 7) is 4.27. The maximum absolute atomic E-state index is 6.19. The van der Waals surface area contributed by atoms with Crippen LogP contribution >= 0.6 is 11.6 Å². The molecule has 7 heteroatoms. The highest BCUT2D eigenvalue weighted by Gasteiger charge is 2.13. The van der Waals surface area contributed by atoms with Gasteiger partial charge in [0.2, 0.25) is 5.95 Å². The topological polar surface area (TPSA) is 68.3 Å². The van der Waals surface area contributed by atoms with Crippen molar-refractivity contribution < 1.29 is 9.47 Å². The van der Waals surface area contributed by atoms with Gasteiger partial charge in [-0.1, -0.05) is 48.0 Å². The summed E-state index contributed by atoms with van der Waals surface area (Å²) >= 11 is 6.19. The van der Waals surface area contributed by atoms with Gasteiger partial charge < -0.3 is 20.1 Å². The number of benzene rings is 2. The van der Waals surface area contributed by atoms with E-state index in [-0.39, 0.29) is 0 Å². The van der Waals surface area contributed by atoms with Crippen molar-refractivity contribution in [3.05, 3.63) is 66.2 Å². The zero-order valence-corrected chi connectivity index (χ0v) is 16.5. The molecule has 0 unspecified atom stereocenters. The molecule has 0 saturated carbocycles. The fourth-order valence-corrected chi connectivity index (χ4v) is 2.84. The summed E-state index contributed by atoms with van der Waals surface area (Å²) in [5.41, 5.74) is 2.44. The molecular formula is C21H21ClN4O2. The lowest BCUT2D eigenvalue weighted by molar-refractivity contribution is 0.405. The first-order valence-electron chi connectivity index (χ1n) is 8.62. The second kappa shape index (κ2) is 9.10. The van der Waals surface area contributed by atoms with Gasteiger partial charge in [0.1, 0.15) is 17.3 Å². The van der Waals surface area contributed by atoms with E-state index in [1.807, 2.05) is 36.4 Å². The zero-order chi connectivity index (χ0) is 19.9. The molecule has 0 amide bonds. The normalized spacial score (nSPS) is 10.2. The van der Waals surface area contributed by atoms with Gasteiger partial charge in [-0.2, -0.15) is 4.98 Å². The Kier molecular flexibility index (Phi) is 6.34. The first-order chi connectivity index (χ1) is 13.6. The molecule has 1 aromatic heterocycles. The summed E-state index contributed by atoms with van der Waals surface area (Å²) < 4.78 is 10.7. The van der Waals surface area contributed by atoms with Crippen molar-refractivity contribution in [1.29, 1.82) is 0 Å². The number of ether oxygens (including phenoxy) is 2. The van der Waals surface area contributed by atoms with Gasteiger partial charge in [0, 0.05) is 30.3 Å². The molecule has 2 N–H and O–H groups in total. The summed E-state index contributed by atoms with van der Waals surface area (Å²) in [5.74, 6) is 2.20. The Morgan fingerprint density at radius 3 is 2.46 bits per heavy atom. The third-order valence-corrected chi connectivity index (χ3v) is 4.23. The standard InChI is InChI=1S/C21H21ClN4O2/c1-4-10-23-21-25-16(14-8-6-5-7-9-14)13-20(26-21)24-17-12-18(27-2)15(22)11-19(17)28-3/h4-9,11-13H,1,10H2,2-3H3,(H2,23,24,25,26). The summed E-state index contributed by atoms with van der Waals surface area (Å²) in [4.78, 5) is 9.12. The molecule has 0 aliphatic rings. The van der Waals surface area contributed by atoms with Crippen LogP contribution < -0.4 is 20.1 Å². The van der Waals surface area contributed by atoms with Crippen LogP contribution in [0, 0.1) is 0 Å². The number of aromatic nitrogens is 2. The van der Waals surface area contributed by atoms with Crippen molar-refractivity contribution in [1.82, 2.24) is 9.97 Å². The number of hydrogen-bond donors (Lipinski definition) is 2. The van der Waals surface area contributed by atoms with Gasteiger partial charge in [-0.15, -0.1) is 6.58 Å². The third-order valence-electron chi connectivity index (χ3n) is 3.94. The molecular weight excluding hydrogens is 376 g/mol. The fourth-order valence-electron chi connectivity index (χ4n) is 2.61. The maximum Gasteiger partial charge on any atom is 0.225 e. The largest absolute Gasteiger partial charge is 0.495 e. The molecule has 3 rings (SSSR count). The van der Waals surface area contributed by atoms with Crippen LogP contribution in [0.25, 0.3) is 11.3 Å². The average molecular weight is 397 g/mol. The van der Waals surface area contributed by atoms with E-state index in [0.29, 0.717) is 40.5 Å². The highest BCUT2D eigenvalue weighted by Crippen LogP contribution is 2.37. The molecule has 0 bridgehead atoms. The smallest absolute Gasteiger partial charge is 0.225 e. The second-order valence-corrected chi connectivity index (χ2v) is 6.22. The molecule has 144 valence electrons. The van der Waals surface area contributed by atoms with Crippen molar-refractivity contribution in [2.75, 3.05) is 31.4 Å². The molecule has 3 aromatic rings. The van der Waals surface area contributed by atoms with E-state index < -0.39 is 0 Å². The Hall–Kier alpha value is -3.25. The van der Waals surface area contributed by atoms with E-state index in [1.54, 1.807) is 32.4 Å². The molecule has 0 atom stereocenters. The Morgan fingerprint density at radius 1 is 1.04 bits per heavy atom. The molecule has 0 fully saturated rings. The minimum absolute atomic E-state index is 0.464. The van der Waals surface area contributed by atoms with Gasteiger partial charge in [-0.3, -0.25) is 0 Å². The Labute approximate surface area is 169 Å². The lowest BCUT2D eigenvalue weighted by atomic mass is 10.1. The van der Waals surface area contributed by atoms with Gasteiger partial charge in [-0.25, -0.2) is 4.98 Å². The first-order valence-corrected chi connectivity index (χ1v) is 9.00. The third kappa shape index (κ3) is 4.53. The lowest BCUT2D eigenvalue weighted by Crippen LogP contribution is -2.06. The summed E-state index contributed by atoms with van der Waals surface area (Å²) in [7, 11) is 3.14. The van der Waals surface area contributed by atoms with Crippen LogP contribution in [0.1, 0.15) is 0 Å². The molecule has 0 aliphatic heterocycles. The van der Waals surface area contributed by atoms with Crippen LogP contribution in [-0.4, -0.2) is 30.7 Å². The van der Waals surface area contributed by atoms with E-state index in [1.165, 1.54) is 0 Å². The first kappa shape index (κ1) is 19.5. The van der Waals surface area contributed by atoms with Crippen LogP contribution in [0.4, 0.5) is 17.5 Å². The number of halogens is 1. The van der Waals surface area contributed by atoms with E-state index in [2.05, 4.69) is 27.2 Å². The summed E-state index contributed by atoms with van der Waals surface area (Å²) in [6, 6.07) is 15.2. The highest BCUT2D eigenvalue weighted by molar-refractivity contribution is 6.32. The van der Waals surface area contributed by atoms with Crippen LogP contribution in [0.5, 0.6) is 11.5 Å². The summed E-state index contributed by atoms with van der Waals surface area (Å²) in [6.07, 6.45) is 1.75. The molecule has 0 aliphatic carbocycles. The monoisotopic (exact) mass is 396 g/mol. The highest BCUT2D eigenvalue weighted by atomic mass is 35.5. The van der Waals surface area contributed by atoms with Crippen LogP contribution in [0.3, 0.4) is 0 Å². The van der Waals surface area contributed by atoms with Crippen molar-refractivity contribution in [3.8, 4) is 22.8 Å². The van der Waals surface area contributed by atoms with Gasteiger partial charge in [0.25, 0.3) is 0 Å². The predicted octanol–water partition coefficient (Wildman–Crippen LogP) is 5.16. The quantitative estimate of drug-likeness (QED) is 0.513. The van der Waals surface area contributed by atoms with Crippen LogP contribution in [0.2, 0.25) is 5.02 Å². The van der Waals surface area contributed by atoms with E-state index in [0.717, 1.165) is 11.3 Å². The number of rotatable bonds is 8. The van der Waals surface area contributed by atoms with Crippen LogP contribution in [-0.2, 0) is 0 Å². The molecule has 0 radical (unpaired) electrons. The summed E-state index contributed by atoms with van der Waals surface area (Å²) in [5, 5.41) is 6.87. The molecule has 0 saturated heterocycles. The van der Waals surface area contributed by atoms with E-state index in [4.69, 9.17) is 21.1 Å². The van der Waals surface area contributed by atoms with Crippen molar-refractivity contribution in [3.63, 3.8) is 0 Å². The van der Waals surface area contributed by atoms with Gasteiger partial charge in [0.05, 0.1) is 30.6 Å². The minimum atomic E-state index is 0.464. The van der Waals surface area contributed by atoms with Crippen LogP contribution in [0.15, 0.2) is 61.2 Å². The average Bonchev–Trinajstić information content (AvgIpc) is 2.73. The van der Waals surface area contributed by atoms with Gasteiger partial charge in [0.15, 0.2) is 0 Å². The number of hydrogen-bond acceptors (Lipinski definition) is 6. The molecule has 1 heterocycles. The van der Waals surface area contributed by atoms with Crippen molar-refractivity contribution >= 4 is 29.1 Å². The number of nitrogens with zero attached hydrogens (tertiary/aromatic N) is 2. The molecule has 2 aromatic carbocycles. The number of methoxy groups -OCH3 is 2. The molecule has 28 heavy (non-hydrogen) atoms. The maximum atomic E-state index is 6.19. The SMILES string of the molecule is C=CCNc1nc(Nc2cc(OC)c(Cl)cc2OC)cc(-c2ccccc2)n1. The van der Waals surface area contributed by atoms with E-state index in [9.17, 15) is 0 Å². The Morgan fingerprint density at radius 2 is 1.79 bits per heavy atom. The number of nitrogens with one attached hydrogen (secondary N) is 2. The van der Waals surface area contributed by atoms with Crippen molar-refractivity contribution in [2.24, 2.45) is 0 Å². The molecule has 6 nitrogen and oxygen atoms in total. The Bertz CT molecular complexity index is 964. The van der Waals surface area contributed by atoms with E-state index >= 15 is 0 Å². The molecule has 0 spiro atoms. The van der Waals surface area contributed by atoms with Gasteiger partial charge in [-0.05, 0) is 0 Å². The minimum Gasteiger partial charge on any atom is -0.495 e. The Balaban J connectivity index is 2.02. The lowest BCUT2D eigenvalue weighted by Gasteiger charge is -2.15. The predicted molar refractivity (Wildman–Crippen MR) is 114 cm³/mol. The fraction of sp³-hybridized carbons (Fsp3) is 0.143. The second-order valence-electron chi connectivity index (χ2n) is 5.81.